The highest BCUT2D eigenvalue weighted by molar-refractivity contribution is 5.81. The van der Waals surface area contributed by atoms with Crippen LogP contribution in [0.3, 0.4) is 0 Å². The summed E-state index contributed by atoms with van der Waals surface area (Å²) in [6.07, 6.45) is 1.10. The molecule has 0 radical (unpaired) electrons. The first-order valence-electron chi connectivity index (χ1n) is 6.56. The predicted octanol–water partition coefficient (Wildman–Crippen LogP) is 4.02. The molecule has 2 aromatic carbocycles. The second kappa shape index (κ2) is 6.42. The minimum absolute atomic E-state index is 0.0155. The third kappa shape index (κ3) is 3.98. The van der Waals surface area contributed by atoms with Crippen molar-refractivity contribution < 1.29 is 13.6 Å². The van der Waals surface area contributed by atoms with E-state index < -0.39 is 11.6 Å². The molecule has 0 amide bonds. The standard InChI is InChI=1S/C17H16F2O/c1-12-4-2-3-5-14(12)6-7-17(20)10-13-8-15(18)11-16(19)9-13/h2-5,8-9,11H,6-7,10H2,1H3. The number of benzene rings is 2. The van der Waals surface area contributed by atoms with E-state index in [0.29, 0.717) is 18.4 Å². The second-order valence-corrected chi connectivity index (χ2v) is 4.92. The fourth-order valence-electron chi connectivity index (χ4n) is 2.19. The van der Waals surface area contributed by atoms with E-state index >= 15 is 0 Å². The molecule has 0 spiro atoms. The Morgan fingerprint density at radius 1 is 1.05 bits per heavy atom. The van der Waals surface area contributed by atoms with Crippen molar-refractivity contribution >= 4 is 5.78 Å². The molecule has 2 aromatic rings. The molecule has 2 rings (SSSR count). The molecule has 0 unspecified atom stereocenters. The molecule has 0 aliphatic rings. The lowest BCUT2D eigenvalue weighted by Gasteiger charge is -2.05. The Balaban J connectivity index is 1.94. The van der Waals surface area contributed by atoms with E-state index in [0.717, 1.165) is 17.2 Å². The van der Waals surface area contributed by atoms with Gasteiger partial charge in [-0.15, -0.1) is 0 Å². The summed E-state index contributed by atoms with van der Waals surface area (Å²) < 4.78 is 26.1. The zero-order valence-electron chi connectivity index (χ0n) is 11.3. The minimum Gasteiger partial charge on any atom is -0.299 e. The molecule has 0 bridgehead atoms. The number of carbonyl (C=O) groups excluding carboxylic acids is 1. The molecule has 0 heterocycles. The molecule has 0 saturated carbocycles. The van der Waals surface area contributed by atoms with Crippen LogP contribution in [0.15, 0.2) is 42.5 Å². The quantitative estimate of drug-likeness (QED) is 0.805. The van der Waals surface area contributed by atoms with Crippen molar-refractivity contribution in [1.82, 2.24) is 0 Å². The molecule has 0 aromatic heterocycles. The number of carbonyl (C=O) groups is 1. The van der Waals surface area contributed by atoms with Crippen molar-refractivity contribution in [2.24, 2.45) is 0 Å². The van der Waals surface area contributed by atoms with Crippen molar-refractivity contribution in [3.63, 3.8) is 0 Å². The van der Waals surface area contributed by atoms with Crippen LogP contribution in [0.2, 0.25) is 0 Å². The van der Waals surface area contributed by atoms with E-state index in [2.05, 4.69) is 0 Å². The van der Waals surface area contributed by atoms with E-state index in [4.69, 9.17) is 0 Å². The molecule has 0 fully saturated rings. The summed E-state index contributed by atoms with van der Waals surface area (Å²) in [4.78, 5) is 11.9. The average molecular weight is 274 g/mol. The van der Waals surface area contributed by atoms with Crippen molar-refractivity contribution in [3.8, 4) is 0 Å². The van der Waals surface area contributed by atoms with Gasteiger partial charge in [-0.3, -0.25) is 4.79 Å². The zero-order chi connectivity index (χ0) is 14.5. The fourth-order valence-corrected chi connectivity index (χ4v) is 2.19. The van der Waals surface area contributed by atoms with Gasteiger partial charge in [0.05, 0.1) is 0 Å². The van der Waals surface area contributed by atoms with Crippen molar-refractivity contribution in [1.29, 1.82) is 0 Å². The van der Waals surface area contributed by atoms with Gasteiger partial charge in [-0.1, -0.05) is 24.3 Å². The summed E-state index contributed by atoms with van der Waals surface area (Å²) >= 11 is 0. The van der Waals surface area contributed by atoms with Gasteiger partial charge >= 0.3 is 0 Å². The SMILES string of the molecule is Cc1ccccc1CCC(=O)Cc1cc(F)cc(F)c1. The highest BCUT2D eigenvalue weighted by Gasteiger charge is 2.08. The average Bonchev–Trinajstić information content (AvgIpc) is 2.36. The molecule has 20 heavy (non-hydrogen) atoms. The van der Waals surface area contributed by atoms with Gasteiger partial charge in [0, 0.05) is 18.9 Å². The largest absolute Gasteiger partial charge is 0.299 e. The van der Waals surface area contributed by atoms with E-state index in [9.17, 15) is 13.6 Å². The van der Waals surface area contributed by atoms with Crippen LogP contribution in [0.5, 0.6) is 0 Å². The summed E-state index contributed by atoms with van der Waals surface area (Å²) in [6, 6.07) is 11.1. The molecule has 0 atom stereocenters. The maximum atomic E-state index is 13.0. The van der Waals surface area contributed by atoms with Crippen LogP contribution in [-0.2, 0) is 17.6 Å². The van der Waals surface area contributed by atoms with Gasteiger partial charge < -0.3 is 0 Å². The Kier molecular flexibility index (Phi) is 4.61. The van der Waals surface area contributed by atoms with Crippen molar-refractivity contribution in [2.75, 3.05) is 0 Å². The van der Waals surface area contributed by atoms with Crippen LogP contribution < -0.4 is 0 Å². The number of Topliss-reactive ketones (excluding diaryl/α,β-unsaturated/α-hetero) is 1. The highest BCUT2D eigenvalue weighted by Crippen LogP contribution is 2.13. The Hall–Kier alpha value is -2.03. The normalized spacial score (nSPS) is 10.6. The smallest absolute Gasteiger partial charge is 0.137 e. The Labute approximate surface area is 117 Å². The molecular weight excluding hydrogens is 258 g/mol. The Morgan fingerprint density at radius 2 is 1.70 bits per heavy atom. The van der Waals surface area contributed by atoms with E-state index in [1.165, 1.54) is 12.1 Å². The number of hydrogen-bond acceptors (Lipinski definition) is 1. The van der Waals surface area contributed by atoms with Gasteiger partial charge in [0.2, 0.25) is 0 Å². The number of rotatable bonds is 5. The zero-order valence-corrected chi connectivity index (χ0v) is 11.3. The monoisotopic (exact) mass is 274 g/mol. The summed E-state index contributed by atoms with van der Waals surface area (Å²) in [6.45, 7) is 2.00. The number of hydrogen-bond donors (Lipinski definition) is 0. The predicted molar refractivity (Wildman–Crippen MR) is 74.6 cm³/mol. The van der Waals surface area contributed by atoms with Gasteiger partial charge in [0.1, 0.15) is 17.4 Å². The number of aryl methyl sites for hydroxylation is 2. The lowest BCUT2D eigenvalue weighted by molar-refractivity contribution is -0.118. The fraction of sp³-hybridized carbons (Fsp3) is 0.235. The molecule has 0 aliphatic carbocycles. The van der Waals surface area contributed by atoms with Crippen LogP contribution in [0.4, 0.5) is 8.78 Å². The van der Waals surface area contributed by atoms with Crippen LogP contribution in [0, 0.1) is 18.6 Å². The third-order valence-electron chi connectivity index (χ3n) is 3.26. The highest BCUT2D eigenvalue weighted by atomic mass is 19.1. The van der Waals surface area contributed by atoms with Crippen LogP contribution in [0.25, 0.3) is 0 Å². The molecule has 3 heteroatoms. The van der Waals surface area contributed by atoms with E-state index in [1.807, 2.05) is 31.2 Å². The number of halogens is 2. The maximum Gasteiger partial charge on any atom is 0.137 e. The minimum atomic E-state index is -0.647. The second-order valence-electron chi connectivity index (χ2n) is 4.92. The maximum absolute atomic E-state index is 13.0. The molecule has 0 saturated heterocycles. The molecule has 0 aliphatic heterocycles. The van der Waals surface area contributed by atoms with Crippen LogP contribution in [-0.4, -0.2) is 5.78 Å². The Bertz CT molecular complexity index is 600. The molecule has 1 nitrogen and oxygen atoms in total. The van der Waals surface area contributed by atoms with E-state index in [1.54, 1.807) is 0 Å². The van der Waals surface area contributed by atoms with Gasteiger partial charge in [0.25, 0.3) is 0 Å². The van der Waals surface area contributed by atoms with Gasteiger partial charge in [-0.25, -0.2) is 8.78 Å². The lowest BCUT2D eigenvalue weighted by atomic mass is 10.00. The first-order valence-corrected chi connectivity index (χ1v) is 6.56. The summed E-state index contributed by atoms with van der Waals surface area (Å²) in [5, 5.41) is 0. The number of ketones is 1. The van der Waals surface area contributed by atoms with Crippen molar-refractivity contribution in [2.45, 2.75) is 26.2 Å². The Morgan fingerprint density at radius 3 is 2.35 bits per heavy atom. The van der Waals surface area contributed by atoms with Crippen LogP contribution >= 0.6 is 0 Å². The third-order valence-corrected chi connectivity index (χ3v) is 3.26. The first-order chi connectivity index (χ1) is 9.54. The van der Waals surface area contributed by atoms with Crippen molar-refractivity contribution in [3.05, 3.63) is 70.8 Å². The summed E-state index contributed by atoms with van der Waals surface area (Å²) in [7, 11) is 0. The van der Waals surface area contributed by atoms with Gasteiger partial charge in [0.15, 0.2) is 0 Å². The molecule has 104 valence electrons. The van der Waals surface area contributed by atoms with Crippen LogP contribution in [0.1, 0.15) is 23.1 Å². The summed E-state index contributed by atoms with van der Waals surface area (Å²) in [5.74, 6) is -1.31. The topological polar surface area (TPSA) is 17.1 Å². The van der Waals surface area contributed by atoms with E-state index in [-0.39, 0.29) is 12.2 Å². The summed E-state index contributed by atoms with van der Waals surface area (Å²) in [5.41, 5.74) is 2.67. The molecular formula is C17H16F2O. The molecule has 0 N–H and O–H groups in total. The van der Waals surface area contributed by atoms with Gasteiger partial charge in [-0.05, 0) is 42.2 Å². The lowest BCUT2D eigenvalue weighted by Crippen LogP contribution is -2.05. The van der Waals surface area contributed by atoms with Gasteiger partial charge in [-0.2, -0.15) is 0 Å². The first kappa shape index (κ1) is 14.4.